The van der Waals surface area contributed by atoms with E-state index < -0.39 is 23.8 Å². The molecular weight excluding hydrogens is 384 g/mol. The highest BCUT2D eigenvalue weighted by Gasteiger charge is 2.43. The molecule has 0 N–H and O–H groups in total. The lowest BCUT2D eigenvalue weighted by Crippen LogP contribution is -2.48. The van der Waals surface area contributed by atoms with Gasteiger partial charge >= 0.3 is 5.97 Å². The molecule has 162 valence electrons. The molecule has 3 rings (SSSR count). The van der Waals surface area contributed by atoms with Crippen LogP contribution in [0.1, 0.15) is 61.3 Å². The summed E-state index contributed by atoms with van der Waals surface area (Å²) in [5, 5.41) is 0. The maximum absolute atomic E-state index is 12.9. The number of rotatable bonds is 6. The van der Waals surface area contributed by atoms with E-state index in [1.165, 1.54) is 0 Å². The summed E-state index contributed by atoms with van der Waals surface area (Å²) in [5.74, 6) is -1.10. The molecule has 3 amide bonds. The van der Waals surface area contributed by atoms with Gasteiger partial charge in [0.05, 0.1) is 11.1 Å². The van der Waals surface area contributed by atoms with Crippen molar-refractivity contribution in [2.45, 2.75) is 46.6 Å². The number of hydrogen-bond acceptors (Lipinski definition) is 5. The molecular formula is C23H30N2O5. The smallest absolute Gasteiger partial charge is 0.329 e. The van der Waals surface area contributed by atoms with E-state index in [4.69, 9.17) is 4.74 Å². The molecule has 1 aromatic carbocycles. The van der Waals surface area contributed by atoms with Crippen LogP contribution >= 0.6 is 0 Å². The summed E-state index contributed by atoms with van der Waals surface area (Å²) in [6.45, 7) is 8.92. The molecule has 0 bridgehead atoms. The third-order valence-corrected chi connectivity index (χ3v) is 5.66. The van der Waals surface area contributed by atoms with Crippen LogP contribution in [0.4, 0.5) is 0 Å². The number of carbonyl (C=O) groups is 4. The van der Waals surface area contributed by atoms with E-state index in [-0.39, 0.29) is 36.0 Å². The number of fused-ring (bicyclic) bond motifs is 1. The number of benzene rings is 1. The Morgan fingerprint density at radius 3 is 2.07 bits per heavy atom. The van der Waals surface area contributed by atoms with Crippen molar-refractivity contribution in [2.24, 2.45) is 17.8 Å². The van der Waals surface area contributed by atoms with E-state index in [1.54, 1.807) is 29.2 Å². The topological polar surface area (TPSA) is 84.0 Å². The lowest BCUT2D eigenvalue weighted by atomic mass is 9.92. The minimum atomic E-state index is -1.05. The third-order valence-electron chi connectivity index (χ3n) is 5.66. The molecule has 30 heavy (non-hydrogen) atoms. The van der Waals surface area contributed by atoms with Crippen LogP contribution in [0.2, 0.25) is 0 Å². The molecule has 2 aliphatic rings. The highest BCUT2D eigenvalue weighted by Crippen LogP contribution is 2.27. The molecule has 7 nitrogen and oxygen atoms in total. The molecule has 2 heterocycles. The molecule has 0 aliphatic carbocycles. The molecule has 1 aromatic rings. The average molecular weight is 415 g/mol. The number of carbonyl (C=O) groups excluding carboxylic acids is 4. The monoisotopic (exact) mass is 414 g/mol. The van der Waals surface area contributed by atoms with Crippen molar-refractivity contribution in [1.82, 2.24) is 9.80 Å². The Bertz CT molecular complexity index is 805. The number of likely N-dealkylation sites (tertiary alicyclic amines) is 1. The molecule has 7 heteroatoms. The second-order valence-electron chi connectivity index (χ2n) is 9.02. The van der Waals surface area contributed by atoms with Crippen LogP contribution in [0.15, 0.2) is 24.3 Å². The van der Waals surface area contributed by atoms with Crippen LogP contribution in [-0.2, 0) is 14.3 Å². The highest BCUT2D eigenvalue weighted by atomic mass is 16.5. The summed E-state index contributed by atoms with van der Waals surface area (Å²) in [6, 6.07) is 5.47. The molecule has 2 aliphatic heterocycles. The van der Waals surface area contributed by atoms with Gasteiger partial charge in [-0.25, -0.2) is 4.79 Å². The Balaban J connectivity index is 1.70. The minimum absolute atomic E-state index is 0.0476. The van der Waals surface area contributed by atoms with E-state index in [2.05, 4.69) is 13.8 Å². The Morgan fingerprint density at radius 2 is 1.57 bits per heavy atom. The predicted molar refractivity (Wildman–Crippen MR) is 111 cm³/mol. The predicted octanol–water partition coefficient (Wildman–Crippen LogP) is 2.75. The number of ether oxygens (including phenoxy) is 1. The van der Waals surface area contributed by atoms with E-state index in [0.717, 1.165) is 11.3 Å². The van der Waals surface area contributed by atoms with Crippen LogP contribution in [0.3, 0.4) is 0 Å². The van der Waals surface area contributed by atoms with Crippen molar-refractivity contribution < 1.29 is 23.9 Å². The summed E-state index contributed by atoms with van der Waals surface area (Å²) in [7, 11) is 0. The zero-order valence-corrected chi connectivity index (χ0v) is 18.1. The van der Waals surface area contributed by atoms with Crippen LogP contribution in [0.5, 0.6) is 0 Å². The Morgan fingerprint density at radius 1 is 1.03 bits per heavy atom. The first-order chi connectivity index (χ1) is 14.2. The quantitative estimate of drug-likeness (QED) is 0.528. The molecule has 0 unspecified atom stereocenters. The van der Waals surface area contributed by atoms with E-state index in [9.17, 15) is 19.2 Å². The van der Waals surface area contributed by atoms with Crippen LogP contribution in [-0.4, -0.2) is 59.2 Å². The Labute approximate surface area is 177 Å². The molecule has 3 atom stereocenters. The van der Waals surface area contributed by atoms with Crippen molar-refractivity contribution in [2.75, 3.05) is 19.7 Å². The molecule has 0 radical (unpaired) electrons. The van der Waals surface area contributed by atoms with E-state index >= 15 is 0 Å². The van der Waals surface area contributed by atoms with Gasteiger partial charge in [0, 0.05) is 13.1 Å². The van der Waals surface area contributed by atoms with Gasteiger partial charge in [-0.05, 0) is 42.7 Å². The lowest BCUT2D eigenvalue weighted by molar-refractivity contribution is -0.156. The van der Waals surface area contributed by atoms with Gasteiger partial charge in [-0.2, -0.15) is 0 Å². The van der Waals surface area contributed by atoms with Crippen molar-refractivity contribution in [3.63, 3.8) is 0 Å². The van der Waals surface area contributed by atoms with Gasteiger partial charge in [0.1, 0.15) is 6.04 Å². The third kappa shape index (κ3) is 4.55. The number of hydrogen-bond donors (Lipinski definition) is 0. The van der Waals surface area contributed by atoms with Gasteiger partial charge in [0.15, 0.2) is 6.61 Å². The summed E-state index contributed by atoms with van der Waals surface area (Å²) in [4.78, 5) is 53.8. The summed E-state index contributed by atoms with van der Waals surface area (Å²) < 4.78 is 5.32. The van der Waals surface area contributed by atoms with E-state index in [0.29, 0.717) is 24.9 Å². The highest BCUT2D eigenvalue weighted by molar-refractivity contribution is 6.22. The van der Waals surface area contributed by atoms with Gasteiger partial charge in [-0.1, -0.05) is 39.8 Å². The first-order valence-electron chi connectivity index (χ1n) is 10.6. The van der Waals surface area contributed by atoms with Gasteiger partial charge in [0.25, 0.3) is 17.7 Å². The van der Waals surface area contributed by atoms with Crippen molar-refractivity contribution >= 4 is 23.7 Å². The fraction of sp³-hybridized carbons (Fsp3) is 0.565. The summed E-state index contributed by atoms with van der Waals surface area (Å²) in [5.41, 5.74) is 0.577. The maximum atomic E-state index is 12.9. The molecule has 0 saturated carbocycles. The van der Waals surface area contributed by atoms with Crippen molar-refractivity contribution in [1.29, 1.82) is 0 Å². The average Bonchev–Trinajstić information content (AvgIpc) is 2.94. The van der Waals surface area contributed by atoms with Crippen molar-refractivity contribution in [3.05, 3.63) is 35.4 Å². The van der Waals surface area contributed by atoms with Crippen molar-refractivity contribution in [3.8, 4) is 0 Å². The number of imide groups is 1. The van der Waals surface area contributed by atoms with Crippen LogP contribution < -0.4 is 0 Å². The Kier molecular flexibility index (Phi) is 6.58. The first kappa shape index (κ1) is 22.0. The minimum Gasteiger partial charge on any atom is -0.454 e. The molecule has 0 spiro atoms. The number of esters is 1. The van der Waals surface area contributed by atoms with Gasteiger partial charge in [0.2, 0.25) is 0 Å². The second-order valence-corrected chi connectivity index (χ2v) is 9.02. The number of nitrogens with zero attached hydrogens (tertiary/aromatic N) is 2. The van der Waals surface area contributed by atoms with Crippen LogP contribution in [0, 0.1) is 17.8 Å². The first-order valence-corrected chi connectivity index (χ1v) is 10.6. The SMILES string of the molecule is CC(C)C[C@H](C(=O)OCC(=O)N1C[C@H](C)C[C@@H](C)C1)N1C(=O)c2ccccc2C1=O. The van der Waals surface area contributed by atoms with Gasteiger partial charge < -0.3 is 9.64 Å². The fourth-order valence-electron chi connectivity index (χ4n) is 4.43. The standard InChI is InChI=1S/C23H30N2O5/c1-14(2)9-19(25-21(27)17-7-5-6-8-18(17)22(25)28)23(29)30-13-20(26)24-11-15(3)10-16(4)12-24/h5-8,14-16,19H,9-13H2,1-4H3/t15-,16-,19-/m1/s1. The number of piperidine rings is 1. The fourth-order valence-corrected chi connectivity index (χ4v) is 4.43. The zero-order chi connectivity index (χ0) is 22.0. The molecule has 0 aromatic heterocycles. The lowest BCUT2D eigenvalue weighted by Gasteiger charge is -2.35. The zero-order valence-electron chi connectivity index (χ0n) is 18.1. The van der Waals surface area contributed by atoms with Gasteiger partial charge in [-0.3, -0.25) is 19.3 Å². The largest absolute Gasteiger partial charge is 0.454 e. The van der Waals surface area contributed by atoms with Gasteiger partial charge in [-0.15, -0.1) is 0 Å². The summed E-state index contributed by atoms with van der Waals surface area (Å²) >= 11 is 0. The van der Waals surface area contributed by atoms with Crippen LogP contribution in [0.25, 0.3) is 0 Å². The summed E-state index contributed by atoms with van der Waals surface area (Å²) in [6.07, 6.45) is 1.34. The number of amides is 3. The Hall–Kier alpha value is -2.70. The maximum Gasteiger partial charge on any atom is 0.329 e. The molecule has 1 saturated heterocycles. The molecule has 1 fully saturated rings. The second kappa shape index (κ2) is 8.98. The van der Waals surface area contributed by atoms with E-state index in [1.807, 2.05) is 13.8 Å². The normalized spacial score (nSPS) is 22.3.